The van der Waals surface area contributed by atoms with Crippen molar-refractivity contribution in [1.82, 2.24) is 20.4 Å². The largest absolute Gasteiger partial charge is 0.360 e. The highest BCUT2D eigenvalue weighted by Gasteiger charge is 2.28. The van der Waals surface area contributed by atoms with Crippen molar-refractivity contribution in [3.63, 3.8) is 0 Å². The summed E-state index contributed by atoms with van der Waals surface area (Å²) in [4.78, 5) is 2.26. The number of hydrogen-bond acceptors (Lipinski definition) is 7. The highest BCUT2D eigenvalue weighted by atomic mass is 32.1. The van der Waals surface area contributed by atoms with E-state index in [1.54, 1.807) is 5.51 Å². The van der Waals surface area contributed by atoms with E-state index in [0.29, 0.717) is 5.92 Å². The molecule has 0 saturated carbocycles. The molecule has 3 heterocycles. The van der Waals surface area contributed by atoms with Gasteiger partial charge in [0.05, 0.1) is 5.69 Å². The summed E-state index contributed by atoms with van der Waals surface area (Å²) in [7, 11) is 0. The predicted octanol–water partition coefficient (Wildman–Crippen LogP) is 2.17. The van der Waals surface area contributed by atoms with Gasteiger partial charge >= 0.3 is 0 Å². The SMILES string of the molecule is CC(C)(C)c1ccc(N2CC(CNc3nncs3)C2)nn1. The quantitative estimate of drug-likeness (QED) is 0.934. The second kappa shape index (κ2) is 5.55. The fourth-order valence-electron chi connectivity index (χ4n) is 2.26. The maximum Gasteiger partial charge on any atom is 0.205 e. The fourth-order valence-corrected chi connectivity index (χ4v) is 2.72. The van der Waals surface area contributed by atoms with Gasteiger partial charge in [-0.05, 0) is 12.1 Å². The molecule has 0 radical (unpaired) electrons. The smallest absolute Gasteiger partial charge is 0.205 e. The highest BCUT2D eigenvalue weighted by molar-refractivity contribution is 7.13. The zero-order chi connectivity index (χ0) is 14.9. The first-order valence-electron chi connectivity index (χ1n) is 7.11. The van der Waals surface area contributed by atoms with Crippen molar-refractivity contribution in [3.8, 4) is 0 Å². The van der Waals surface area contributed by atoms with Crippen LogP contribution in [0.3, 0.4) is 0 Å². The van der Waals surface area contributed by atoms with Crippen molar-refractivity contribution in [2.75, 3.05) is 29.9 Å². The van der Waals surface area contributed by atoms with Crippen LogP contribution in [-0.2, 0) is 5.41 Å². The molecule has 1 aliphatic rings. The highest BCUT2D eigenvalue weighted by Crippen LogP contribution is 2.25. The maximum atomic E-state index is 4.35. The Morgan fingerprint density at radius 3 is 2.62 bits per heavy atom. The third-order valence-electron chi connectivity index (χ3n) is 3.60. The first-order chi connectivity index (χ1) is 10.0. The van der Waals surface area contributed by atoms with E-state index in [4.69, 9.17) is 0 Å². The van der Waals surface area contributed by atoms with Crippen LogP contribution in [0.15, 0.2) is 17.6 Å². The molecule has 3 rings (SSSR count). The topological polar surface area (TPSA) is 66.8 Å². The number of nitrogens with one attached hydrogen (secondary N) is 1. The normalized spacial score (nSPS) is 15.9. The lowest BCUT2D eigenvalue weighted by atomic mass is 9.92. The van der Waals surface area contributed by atoms with Crippen molar-refractivity contribution in [2.24, 2.45) is 5.92 Å². The minimum Gasteiger partial charge on any atom is -0.360 e. The first-order valence-corrected chi connectivity index (χ1v) is 7.99. The van der Waals surface area contributed by atoms with Crippen molar-refractivity contribution in [3.05, 3.63) is 23.3 Å². The molecule has 1 N–H and O–H groups in total. The Hall–Kier alpha value is -1.76. The minimum atomic E-state index is 0.0503. The van der Waals surface area contributed by atoms with E-state index in [2.05, 4.69) is 63.5 Å². The average Bonchev–Trinajstić information content (AvgIpc) is 2.89. The maximum absolute atomic E-state index is 4.35. The summed E-state index contributed by atoms with van der Waals surface area (Å²) < 4.78 is 0. The average molecular weight is 304 g/mol. The monoisotopic (exact) mass is 304 g/mol. The summed E-state index contributed by atoms with van der Waals surface area (Å²) in [6.07, 6.45) is 0. The minimum absolute atomic E-state index is 0.0503. The van der Waals surface area contributed by atoms with Gasteiger partial charge in [-0.25, -0.2) is 0 Å². The molecule has 1 aliphatic heterocycles. The number of aromatic nitrogens is 4. The van der Waals surface area contributed by atoms with Crippen LogP contribution in [0.1, 0.15) is 26.5 Å². The van der Waals surface area contributed by atoms with Gasteiger partial charge in [-0.15, -0.1) is 15.3 Å². The van der Waals surface area contributed by atoms with Crippen molar-refractivity contribution in [1.29, 1.82) is 0 Å². The van der Waals surface area contributed by atoms with Gasteiger partial charge in [0.15, 0.2) is 5.82 Å². The predicted molar refractivity (Wildman–Crippen MR) is 84.8 cm³/mol. The Morgan fingerprint density at radius 2 is 2.05 bits per heavy atom. The summed E-state index contributed by atoms with van der Waals surface area (Å²) >= 11 is 1.53. The second-order valence-corrected chi connectivity index (χ2v) is 7.26. The molecule has 1 saturated heterocycles. The van der Waals surface area contributed by atoms with E-state index in [-0.39, 0.29) is 5.41 Å². The van der Waals surface area contributed by atoms with Gasteiger partial charge < -0.3 is 10.2 Å². The summed E-state index contributed by atoms with van der Waals surface area (Å²) in [5, 5.41) is 20.7. The summed E-state index contributed by atoms with van der Waals surface area (Å²) in [5.41, 5.74) is 2.82. The van der Waals surface area contributed by atoms with Gasteiger partial charge in [0.25, 0.3) is 0 Å². The van der Waals surface area contributed by atoms with Crippen LogP contribution in [-0.4, -0.2) is 40.0 Å². The molecule has 2 aromatic heterocycles. The summed E-state index contributed by atoms with van der Waals surface area (Å²) in [6.45, 7) is 9.39. The van der Waals surface area contributed by atoms with Crippen LogP contribution in [0, 0.1) is 5.92 Å². The molecule has 0 unspecified atom stereocenters. The molecule has 0 bridgehead atoms. The Morgan fingerprint density at radius 1 is 1.24 bits per heavy atom. The second-order valence-electron chi connectivity index (χ2n) is 6.42. The molecule has 1 fully saturated rings. The van der Waals surface area contributed by atoms with E-state index in [9.17, 15) is 0 Å². The first kappa shape index (κ1) is 14.2. The summed E-state index contributed by atoms with van der Waals surface area (Å²) in [5.74, 6) is 1.59. The van der Waals surface area contributed by atoms with Crippen LogP contribution in [0.4, 0.5) is 10.9 Å². The van der Waals surface area contributed by atoms with Crippen LogP contribution < -0.4 is 10.2 Å². The fraction of sp³-hybridized carbons (Fsp3) is 0.571. The number of rotatable bonds is 4. The van der Waals surface area contributed by atoms with Crippen LogP contribution in [0.5, 0.6) is 0 Å². The Bertz CT molecular complexity index is 569. The lowest BCUT2D eigenvalue weighted by Crippen LogP contribution is -2.50. The molecule has 6 nitrogen and oxygen atoms in total. The molecule has 21 heavy (non-hydrogen) atoms. The summed E-state index contributed by atoms with van der Waals surface area (Å²) in [6, 6.07) is 4.15. The van der Waals surface area contributed by atoms with E-state index in [0.717, 1.165) is 36.3 Å². The van der Waals surface area contributed by atoms with Crippen molar-refractivity contribution in [2.45, 2.75) is 26.2 Å². The van der Waals surface area contributed by atoms with Crippen molar-refractivity contribution >= 4 is 22.3 Å². The lowest BCUT2D eigenvalue weighted by Gasteiger charge is -2.40. The zero-order valence-electron chi connectivity index (χ0n) is 12.6. The van der Waals surface area contributed by atoms with E-state index < -0.39 is 0 Å². The molecule has 112 valence electrons. The van der Waals surface area contributed by atoms with E-state index in [1.165, 1.54) is 11.3 Å². The van der Waals surface area contributed by atoms with E-state index in [1.807, 2.05) is 0 Å². The molecular formula is C14H20N6S. The van der Waals surface area contributed by atoms with E-state index >= 15 is 0 Å². The number of anilines is 2. The van der Waals surface area contributed by atoms with Gasteiger partial charge in [0.1, 0.15) is 5.51 Å². The number of nitrogens with zero attached hydrogens (tertiary/aromatic N) is 5. The molecule has 0 aromatic carbocycles. The van der Waals surface area contributed by atoms with Gasteiger partial charge in [-0.3, -0.25) is 0 Å². The zero-order valence-corrected chi connectivity index (χ0v) is 13.4. The van der Waals surface area contributed by atoms with Crippen LogP contribution in [0.2, 0.25) is 0 Å². The van der Waals surface area contributed by atoms with Gasteiger partial charge in [-0.2, -0.15) is 5.10 Å². The standard InChI is InChI=1S/C14H20N6S/c1-14(2,3)11-4-5-12(18-17-11)20-7-10(8-20)6-15-13-19-16-9-21-13/h4-5,9-10H,6-8H2,1-3H3,(H,15,19). The van der Waals surface area contributed by atoms with Crippen LogP contribution >= 0.6 is 11.3 Å². The molecule has 0 atom stereocenters. The number of hydrogen-bond donors (Lipinski definition) is 1. The molecular weight excluding hydrogens is 284 g/mol. The van der Waals surface area contributed by atoms with Gasteiger partial charge in [-0.1, -0.05) is 32.1 Å². The Labute approximate surface area is 128 Å². The van der Waals surface area contributed by atoms with Crippen molar-refractivity contribution < 1.29 is 0 Å². The van der Waals surface area contributed by atoms with Crippen LogP contribution in [0.25, 0.3) is 0 Å². The third kappa shape index (κ3) is 3.29. The lowest BCUT2D eigenvalue weighted by molar-refractivity contribution is 0.424. The third-order valence-corrected chi connectivity index (χ3v) is 4.25. The molecule has 0 amide bonds. The van der Waals surface area contributed by atoms with Gasteiger partial charge in [0, 0.05) is 31.0 Å². The molecule has 7 heteroatoms. The molecule has 0 aliphatic carbocycles. The van der Waals surface area contributed by atoms with Gasteiger partial charge in [0.2, 0.25) is 5.13 Å². The molecule has 0 spiro atoms. The Balaban J connectivity index is 1.49. The molecule has 2 aromatic rings. The Kier molecular flexibility index (Phi) is 3.75.